The van der Waals surface area contributed by atoms with E-state index in [1.54, 1.807) is 18.2 Å². The standard InChI is InChI=1S/C14H9BrFNO/c1-9-2-4-13(10(6-9)8-17)18-14-5-3-11(15)7-12(14)16/h2-7H,1H3. The summed E-state index contributed by atoms with van der Waals surface area (Å²) in [6.07, 6.45) is 0. The molecule has 90 valence electrons. The number of rotatable bonds is 2. The molecule has 0 aliphatic carbocycles. The summed E-state index contributed by atoms with van der Waals surface area (Å²) in [7, 11) is 0. The quantitative estimate of drug-likeness (QED) is 0.815. The molecular weight excluding hydrogens is 297 g/mol. The van der Waals surface area contributed by atoms with E-state index in [0.29, 0.717) is 15.8 Å². The third kappa shape index (κ3) is 2.69. The molecule has 0 aliphatic rings. The molecule has 0 radical (unpaired) electrons. The molecule has 2 rings (SSSR count). The Kier molecular flexibility index (Phi) is 3.63. The van der Waals surface area contributed by atoms with Crippen LogP contribution in [0.5, 0.6) is 11.5 Å². The van der Waals surface area contributed by atoms with E-state index in [-0.39, 0.29) is 5.75 Å². The Balaban J connectivity index is 2.37. The topological polar surface area (TPSA) is 33.0 Å². The Hall–Kier alpha value is -1.86. The zero-order valence-electron chi connectivity index (χ0n) is 9.58. The number of hydrogen-bond acceptors (Lipinski definition) is 2. The van der Waals surface area contributed by atoms with Crippen molar-refractivity contribution in [2.45, 2.75) is 6.92 Å². The van der Waals surface area contributed by atoms with Gasteiger partial charge in [0.15, 0.2) is 11.6 Å². The van der Waals surface area contributed by atoms with E-state index in [1.165, 1.54) is 12.1 Å². The fourth-order valence-electron chi connectivity index (χ4n) is 1.50. The number of halogens is 2. The summed E-state index contributed by atoms with van der Waals surface area (Å²) in [6, 6.07) is 11.7. The molecule has 4 heteroatoms. The Morgan fingerprint density at radius 1 is 1.17 bits per heavy atom. The number of nitrogens with zero attached hydrogens (tertiary/aromatic N) is 1. The smallest absolute Gasteiger partial charge is 0.166 e. The molecule has 0 atom stereocenters. The summed E-state index contributed by atoms with van der Waals surface area (Å²) >= 11 is 3.17. The van der Waals surface area contributed by atoms with Crippen molar-refractivity contribution in [3.63, 3.8) is 0 Å². The van der Waals surface area contributed by atoms with Gasteiger partial charge in [0.2, 0.25) is 0 Å². The highest BCUT2D eigenvalue weighted by Crippen LogP contribution is 2.29. The van der Waals surface area contributed by atoms with E-state index < -0.39 is 5.82 Å². The lowest BCUT2D eigenvalue weighted by atomic mass is 10.1. The van der Waals surface area contributed by atoms with Crippen LogP contribution in [0.1, 0.15) is 11.1 Å². The summed E-state index contributed by atoms with van der Waals surface area (Å²) in [6.45, 7) is 1.88. The van der Waals surface area contributed by atoms with E-state index in [2.05, 4.69) is 15.9 Å². The van der Waals surface area contributed by atoms with Gasteiger partial charge in [-0.25, -0.2) is 4.39 Å². The highest BCUT2D eigenvalue weighted by Gasteiger charge is 2.09. The molecule has 0 heterocycles. The number of ether oxygens (including phenoxy) is 1. The maximum atomic E-state index is 13.6. The lowest BCUT2D eigenvalue weighted by Crippen LogP contribution is -1.91. The summed E-state index contributed by atoms with van der Waals surface area (Å²) in [5.41, 5.74) is 1.34. The van der Waals surface area contributed by atoms with Crippen LogP contribution in [0.25, 0.3) is 0 Å². The molecule has 18 heavy (non-hydrogen) atoms. The van der Waals surface area contributed by atoms with Crippen LogP contribution in [-0.4, -0.2) is 0 Å². The van der Waals surface area contributed by atoms with E-state index in [1.807, 2.05) is 19.1 Å². The van der Waals surface area contributed by atoms with Crippen molar-refractivity contribution in [3.05, 3.63) is 57.8 Å². The summed E-state index contributed by atoms with van der Waals surface area (Å²) in [5.74, 6) is -0.0308. The van der Waals surface area contributed by atoms with Gasteiger partial charge in [-0.05, 0) is 42.8 Å². The lowest BCUT2D eigenvalue weighted by Gasteiger charge is -2.09. The van der Waals surface area contributed by atoms with Gasteiger partial charge in [-0.2, -0.15) is 5.26 Å². The molecular formula is C14H9BrFNO. The predicted octanol–water partition coefficient (Wildman–Crippen LogP) is 4.56. The Morgan fingerprint density at radius 2 is 1.89 bits per heavy atom. The monoisotopic (exact) mass is 305 g/mol. The first-order valence-electron chi connectivity index (χ1n) is 5.24. The zero-order valence-corrected chi connectivity index (χ0v) is 11.2. The molecule has 2 nitrogen and oxygen atoms in total. The van der Waals surface area contributed by atoms with Gasteiger partial charge in [-0.3, -0.25) is 0 Å². The van der Waals surface area contributed by atoms with Crippen LogP contribution >= 0.6 is 15.9 Å². The van der Waals surface area contributed by atoms with Crippen molar-refractivity contribution in [3.8, 4) is 17.6 Å². The first kappa shape index (κ1) is 12.6. The molecule has 0 N–H and O–H groups in total. The highest BCUT2D eigenvalue weighted by atomic mass is 79.9. The Labute approximate surface area is 113 Å². The van der Waals surface area contributed by atoms with Crippen LogP contribution in [-0.2, 0) is 0 Å². The second kappa shape index (κ2) is 5.19. The molecule has 0 amide bonds. The second-order valence-corrected chi connectivity index (χ2v) is 4.70. The first-order valence-corrected chi connectivity index (χ1v) is 6.03. The van der Waals surface area contributed by atoms with Crippen molar-refractivity contribution in [2.24, 2.45) is 0 Å². The van der Waals surface area contributed by atoms with E-state index >= 15 is 0 Å². The third-order valence-corrected chi connectivity index (χ3v) is 2.86. The van der Waals surface area contributed by atoms with Crippen molar-refractivity contribution in [1.29, 1.82) is 5.26 Å². The molecule has 0 bridgehead atoms. The minimum absolute atomic E-state index is 0.0959. The van der Waals surface area contributed by atoms with Gasteiger partial charge in [0.05, 0.1) is 5.56 Å². The molecule has 2 aromatic rings. The van der Waals surface area contributed by atoms with Crippen LogP contribution in [0, 0.1) is 24.1 Å². The molecule has 0 aliphatic heterocycles. The van der Waals surface area contributed by atoms with Gasteiger partial charge < -0.3 is 4.74 Å². The number of hydrogen-bond donors (Lipinski definition) is 0. The van der Waals surface area contributed by atoms with Crippen molar-refractivity contribution in [2.75, 3.05) is 0 Å². The molecule has 0 saturated heterocycles. The number of benzene rings is 2. The Morgan fingerprint density at radius 3 is 2.56 bits per heavy atom. The molecule has 2 aromatic carbocycles. The fraction of sp³-hybridized carbons (Fsp3) is 0.0714. The molecule has 0 fully saturated rings. The van der Waals surface area contributed by atoms with Crippen LogP contribution in [0.2, 0.25) is 0 Å². The Bertz CT molecular complexity index is 634. The summed E-state index contributed by atoms with van der Waals surface area (Å²) in [5, 5.41) is 9.00. The lowest BCUT2D eigenvalue weighted by molar-refractivity contribution is 0.441. The van der Waals surface area contributed by atoms with E-state index in [9.17, 15) is 4.39 Å². The second-order valence-electron chi connectivity index (χ2n) is 3.79. The van der Waals surface area contributed by atoms with Gasteiger partial charge in [-0.15, -0.1) is 0 Å². The van der Waals surface area contributed by atoms with Crippen molar-refractivity contribution < 1.29 is 9.13 Å². The average molecular weight is 306 g/mol. The van der Waals surface area contributed by atoms with Crippen molar-refractivity contribution in [1.82, 2.24) is 0 Å². The van der Waals surface area contributed by atoms with Crippen LogP contribution in [0.3, 0.4) is 0 Å². The van der Waals surface area contributed by atoms with Gasteiger partial charge in [0.25, 0.3) is 0 Å². The normalized spacial score (nSPS) is 9.89. The summed E-state index contributed by atoms with van der Waals surface area (Å²) < 4.78 is 19.7. The maximum absolute atomic E-state index is 13.6. The molecule has 0 unspecified atom stereocenters. The molecule has 0 spiro atoms. The summed E-state index contributed by atoms with van der Waals surface area (Å²) in [4.78, 5) is 0. The van der Waals surface area contributed by atoms with Crippen LogP contribution in [0.15, 0.2) is 40.9 Å². The molecule has 0 saturated carbocycles. The minimum Gasteiger partial charge on any atom is -0.453 e. The van der Waals surface area contributed by atoms with Gasteiger partial charge in [0, 0.05) is 4.47 Å². The van der Waals surface area contributed by atoms with Gasteiger partial charge in [-0.1, -0.05) is 22.0 Å². The fourth-order valence-corrected chi connectivity index (χ4v) is 1.83. The zero-order chi connectivity index (χ0) is 13.1. The van der Waals surface area contributed by atoms with Gasteiger partial charge in [0.1, 0.15) is 11.8 Å². The van der Waals surface area contributed by atoms with E-state index in [4.69, 9.17) is 10.00 Å². The predicted molar refractivity (Wildman–Crippen MR) is 70.1 cm³/mol. The third-order valence-electron chi connectivity index (χ3n) is 2.37. The largest absolute Gasteiger partial charge is 0.453 e. The number of aryl methyl sites for hydroxylation is 1. The van der Waals surface area contributed by atoms with Crippen LogP contribution < -0.4 is 4.74 Å². The van der Waals surface area contributed by atoms with Crippen LogP contribution in [0.4, 0.5) is 4.39 Å². The van der Waals surface area contributed by atoms with E-state index in [0.717, 1.165) is 5.56 Å². The first-order chi connectivity index (χ1) is 8.60. The van der Waals surface area contributed by atoms with Crippen molar-refractivity contribution >= 4 is 15.9 Å². The SMILES string of the molecule is Cc1ccc(Oc2ccc(Br)cc2F)c(C#N)c1. The van der Waals surface area contributed by atoms with Gasteiger partial charge >= 0.3 is 0 Å². The minimum atomic E-state index is -0.478. The maximum Gasteiger partial charge on any atom is 0.166 e. The highest BCUT2D eigenvalue weighted by molar-refractivity contribution is 9.10. The average Bonchev–Trinajstić information content (AvgIpc) is 2.34. The number of nitriles is 1. The molecule has 0 aromatic heterocycles.